The molecule has 1 atom stereocenters. The molecule has 1 aromatic heterocycles. The predicted octanol–water partition coefficient (Wildman–Crippen LogP) is 2.09. The molecular weight excluding hydrogens is 316 g/mol. The van der Waals surface area contributed by atoms with E-state index in [0.29, 0.717) is 17.7 Å². The van der Waals surface area contributed by atoms with Crippen LogP contribution in [0.1, 0.15) is 20.8 Å². The van der Waals surface area contributed by atoms with E-state index in [1.807, 2.05) is 39.0 Å². The quantitative estimate of drug-likeness (QED) is 0.874. The minimum Gasteiger partial charge on any atom is -0.489 e. The molecule has 5 nitrogen and oxygen atoms in total. The van der Waals surface area contributed by atoms with Gasteiger partial charge in [0.05, 0.1) is 5.39 Å². The van der Waals surface area contributed by atoms with Gasteiger partial charge in [-0.1, -0.05) is 18.2 Å². The van der Waals surface area contributed by atoms with Crippen molar-refractivity contribution in [2.45, 2.75) is 32.4 Å². The summed E-state index contributed by atoms with van der Waals surface area (Å²) in [6, 6.07) is 7.33. The SMILES string of the molecule is Cl.Cn1cc(OCC(O)CNC(C)(C)C)c2ccccc2c1=O. The lowest BCUT2D eigenvalue weighted by Crippen LogP contribution is -2.42. The molecule has 0 radical (unpaired) electrons. The molecule has 1 heterocycles. The van der Waals surface area contributed by atoms with Crippen LogP contribution in [0.5, 0.6) is 5.75 Å². The molecule has 0 saturated heterocycles. The molecule has 0 spiro atoms. The number of ether oxygens (including phenoxy) is 1. The number of benzene rings is 1. The van der Waals surface area contributed by atoms with E-state index in [1.54, 1.807) is 19.3 Å². The Bertz CT molecular complexity index is 707. The second-order valence-electron chi connectivity index (χ2n) is 6.55. The van der Waals surface area contributed by atoms with Crippen molar-refractivity contribution in [3.05, 3.63) is 40.8 Å². The Labute approximate surface area is 142 Å². The first kappa shape index (κ1) is 19.5. The largest absolute Gasteiger partial charge is 0.489 e. The summed E-state index contributed by atoms with van der Waals surface area (Å²) in [5.74, 6) is 0.604. The van der Waals surface area contributed by atoms with Crippen molar-refractivity contribution >= 4 is 23.2 Å². The van der Waals surface area contributed by atoms with Crippen LogP contribution in [0.4, 0.5) is 0 Å². The molecule has 0 fully saturated rings. The monoisotopic (exact) mass is 340 g/mol. The van der Waals surface area contributed by atoms with Gasteiger partial charge in [-0.05, 0) is 26.8 Å². The fourth-order valence-electron chi connectivity index (χ4n) is 2.16. The van der Waals surface area contributed by atoms with Crippen molar-refractivity contribution in [3.63, 3.8) is 0 Å². The van der Waals surface area contributed by atoms with Crippen LogP contribution < -0.4 is 15.6 Å². The van der Waals surface area contributed by atoms with Gasteiger partial charge in [0.25, 0.3) is 5.56 Å². The van der Waals surface area contributed by atoms with Crippen LogP contribution >= 0.6 is 12.4 Å². The first-order valence-electron chi connectivity index (χ1n) is 7.42. The van der Waals surface area contributed by atoms with Crippen molar-refractivity contribution < 1.29 is 9.84 Å². The fourth-order valence-corrected chi connectivity index (χ4v) is 2.16. The van der Waals surface area contributed by atoms with Crippen molar-refractivity contribution in [1.29, 1.82) is 0 Å². The number of fused-ring (bicyclic) bond motifs is 1. The highest BCUT2D eigenvalue weighted by molar-refractivity contribution is 5.87. The van der Waals surface area contributed by atoms with Crippen LogP contribution in [-0.2, 0) is 7.05 Å². The minimum absolute atomic E-state index is 0. The minimum atomic E-state index is -0.616. The fraction of sp³-hybridized carbons (Fsp3) is 0.471. The Balaban J connectivity index is 0.00000264. The number of β-amino-alcohol motifs (C(OH)–C–C–N with tert-alkyl or cyclic N) is 1. The van der Waals surface area contributed by atoms with Gasteiger partial charge in [-0.15, -0.1) is 12.4 Å². The Hall–Kier alpha value is -1.56. The van der Waals surface area contributed by atoms with Crippen LogP contribution in [0.25, 0.3) is 10.8 Å². The van der Waals surface area contributed by atoms with E-state index in [1.165, 1.54) is 4.57 Å². The van der Waals surface area contributed by atoms with Gasteiger partial charge in [-0.3, -0.25) is 4.79 Å². The molecule has 0 amide bonds. The summed E-state index contributed by atoms with van der Waals surface area (Å²) < 4.78 is 7.23. The normalized spacial score (nSPS) is 12.7. The molecule has 0 saturated carbocycles. The summed E-state index contributed by atoms with van der Waals surface area (Å²) in [6.07, 6.45) is 1.05. The lowest BCUT2D eigenvalue weighted by molar-refractivity contribution is 0.100. The number of aromatic nitrogens is 1. The summed E-state index contributed by atoms with van der Waals surface area (Å²) in [4.78, 5) is 12.1. The summed E-state index contributed by atoms with van der Waals surface area (Å²) in [5.41, 5.74) is -0.109. The Morgan fingerprint density at radius 3 is 2.48 bits per heavy atom. The molecule has 2 rings (SSSR count). The van der Waals surface area contributed by atoms with E-state index >= 15 is 0 Å². The lowest BCUT2D eigenvalue weighted by Gasteiger charge is -2.23. The second kappa shape index (κ2) is 7.81. The molecule has 128 valence electrons. The zero-order valence-corrected chi connectivity index (χ0v) is 14.8. The third kappa shape index (κ3) is 5.23. The van der Waals surface area contributed by atoms with Gasteiger partial charge in [-0.25, -0.2) is 0 Å². The number of nitrogens with zero attached hydrogens (tertiary/aromatic N) is 1. The molecule has 23 heavy (non-hydrogen) atoms. The van der Waals surface area contributed by atoms with Crippen molar-refractivity contribution in [3.8, 4) is 5.75 Å². The number of aryl methyl sites for hydroxylation is 1. The van der Waals surface area contributed by atoms with Gasteiger partial charge in [0.1, 0.15) is 18.5 Å². The van der Waals surface area contributed by atoms with Gasteiger partial charge >= 0.3 is 0 Å². The number of nitrogens with one attached hydrogen (secondary N) is 1. The van der Waals surface area contributed by atoms with Crippen molar-refractivity contribution in [2.75, 3.05) is 13.2 Å². The zero-order valence-electron chi connectivity index (χ0n) is 14.0. The van der Waals surface area contributed by atoms with Crippen LogP contribution in [-0.4, -0.2) is 34.5 Å². The van der Waals surface area contributed by atoms with Crippen LogP contribution in [0, 0.1) is 0 Å². The number of aliphatic hydroxyl groups is 1. The maximum atomic E-state index is 12.1. The summed E-state index contributed by atoms with van der Waals surface area (Å²) >= 11 is 0. The molecule has 6 heteroatoms. The van der Waals surface area contributed by atoms with Gasteiger partial charge in [0.15, 0.2) is 0 Å². The molecule has 1 aromatic carbocycles. The first-order valence-corrected chi connectivity index (χ1v) is 7.42. The average molecular weight is 341 g/mol. The smallest absolute Gasteiger partial charge is 0.258 e. The van der Waals surface area contributed by atoms with Crippen molar-refractivity contribution in [2.24, 2.45) is 7.05 Å². The standard InChI is InChI=1S/C17H24N2O3.ClH/c1-17(2,3)18-9-12(20)11-22-15-10-19(4)16(21)14-8-6-5-7-13(14)15;/h5-8,10,12,18,20H,9,11H2,1-4H3;1H. The topological polar surface area (TPSA) is 63.5 Å². The van der Waals surface area contributed by atoms with E-state index < -0.39 is 6.10 Å². The van der Waals surface area contributed by atoms with Crippen LogP contribution in [0.15, 0.2) is 35.3 Å². The van der Waals surface area contributed by atoms with Crippen molar-refractivity contribution in [1.82, 2.24) is 9.88 Å². The number of aliphatic hydroxyl groups excluding tert-OH is 1. The molecule has 0 aliphatic rings. The number of pyridine rings is 1. The van der Waals surface area contributed by atoms with Crippen LogP contribution in [0.3, 0.4) is 0 Å². The molecular formula is C17H25ClN2O3. The first-order chi connectivity index (χ1) is 10.3. The Morgan fingerprint density at radius 1 is 1.26 bits per heavy atom. The highest BCUT2D eigenvalue weighted by Crippen LogP contribution is 2.22. The lowest BCUT2D eigenvalue weighted by atomic mass is 10.1. The maximum Gasteiger partial charge on any atom is 0.258 e. The number of rotatable bonds is 5. The average Bonchev–Trinajstić information content (AvgIpc) is 2.47. The maximum absolute atomic E-state index is 12.1. The highest BCUT2D eigenvalue weighted by atomic mass is 35.5. The Kier molecular flexibility index (Phi) is 6.62. The molecule has 0 bridgehead atoms. The van der Waals surface area contributed by atoms with Gasteiger partial charge in [0.2, 0.25) is 0 Å². The van der Waals surface area contributed by atoms with Gasteiger partial charge in [0, 0.05) is 30.7 Å². The highest BCUT2D eigenvalue weighted by Gasteiger charge is 2.14. The predicted molar refractivity (Wildman–Crippen MR) is 95.7 cm³/mol. The van der Waals surface area contributed by atoms with Crippen LogP contribution in [0.2, 0.25) is 0 Å². The van der Waals surface area contributed by atoms with E-state index in [4.69, 9.17) is 4.74 Å². The molecule has 2 N–H and O–H groups in total. The number of hydrogen-bond acceptors (Lipinski definition) is 4. The van der Waals surface area contributed by atoms with E-state index in [0.717, 1.165) is 5.39 Å². The molecule has 2 aromatic rings. The zero-order chi connectivity index (χ0) is 16.3. The van der Waals surface area contributed by atoms with Gasteiger partial charge < -0.3 is 19.7 Å². The third-order valence-electron chi connectivity index (χ3n) is 3.35. The molecule has 0 aliphatic carbocycles. The summed E-state index contributed by atoms with van der Waals surface area (Å²) in [6.45, 7) is 6.75. The van der Waals surface area contributed by atoms with Gasteiger partial charge in [-0.2, -0.15) is 0 Å². The summed E-state index contributed by atoms with van der Waals surface area (Å²) in [5, 5.41) is 14.6. The van der Waals surface area contributed by atoms with E-state index in [-0.39, 0.29) is 30.1 Å². The summed E-state index contributed by atoms with van der Waals surface area (Å²) in [7, 11) is 1.69. The van der Waals surface area contributed by atoms with E-state index in [9.17, 15) is 9.90 Å². The Morgan fingerprint density at radius 2 is 1.87 bits per heavy atom. The molecule has 1 unspecified atom stereocenters. The second-order valence-corrected chi connectivity index (χ2v) is 6.55. The number of hydrogen-bond donors (Lipinski definition) is 2. The third-order valence-corrected chi connectivity index (χ3v) is 3.35. The number of halogens is 1. The molecule has 0 aliphatic heterocycles. The van der Waals surface area contributed by atoms with E-state index in [2.05, 4.69) is 5.32 Å².